The summed E-state index contributed by atoms with van der Waals surface area (Å²) >= 11 is 0. The van der Waals surface area contributed by atoms with Gasteiger partial charge in [-0.2, -0.15) is 0 Å². The number of hydrogen-bond donors (Lipinski definition) is 2. The number of aliphatic hydroxyl groups is 1. The van der Waals surface area contributed by atoms with Gasteiger partial charge >= 0.3 is 0 Å². The van der Waals surface area contributed by atoms with Gasteiger partial charge in [-0.05, 0) is 18.6 Å². The van der Waals surface area contributed by atoms with E-state index < -0.39 is 0 Å². The summed E-state index contributed by atoms with van der Waals surface area (Å²) in [5, 5.41) is 9.94. The molecule has 0 saturated heterocycles. The number of hydrogen-bond acceptors (Lipinski definition) is 2. The van der Waals surface area contributed by atoms with Gasteiger partial charge in [-0.1, -0.05) is 18.2 Å². The SMILES string of the molecule is Cc1[nH]c2ccccc2c1CC(=O)N(C)CCO. The molecule has 0 atom stereocenters. The van der Waals surface area contributed by atoms with Crippen molar-refractivity contribution >= 4 is 16.8 Å². The smallest absolute Gasteiger partial charge is 0.226 e. The number of aromatic amines is 1. The maximum atomic E-state index is 12.0. The molecule has 0 radical (unpaired) electrons. The maximum Gasteiger partial charge on any atom is 0.226 e. The molecule has 0 aliphatic heterocycles. The van der Waals surface area contributed by atoms with Crippen molar-refractivity contribution in [3.05, 3.63) is 35.5 Å². The van der Waals surface area contributed by atoms with E-state index in [4.69, 9.17) is 5.11 Å². The Hall–Kier alpha value is -1.81. The van der Waals surface area contributed by atoms with Gasteiger partial charge in [0.25, 0.3) is 0 Å². The molecule has 4 nitrogen and oxygen atoms in total. The van der Waals surface area contributed by atoms with E-state index in [1.54, 1.807) is 11.9 Å². The highest BCUT2D eigenvalue weighted by atomic mass is 16.3. The molecular weight excluding hydrogens is 228 g/mol. The third-order valence-corrected chi connectivity index (χ3v) is 3.22. The first-order chi connectivity index (χ1) is 8.63. The van der Waals surface area contributed by atoms with Gasteiger partial charge in [-0.3, -0.25) is 4.79 Å². The van der Waals surface area contributed by atoms with Gasteiger partial charge in [-0.15, -0.1) is 0 Å². The van der Waals surface area contributed by atoms with Crippen LogP contribution in [0.5, 0.6) is 0 Å². The number of nitrogens with one attached hydrogen (secondary N) is 1. The molecule has 0 bridgehead atoms. The minimum Gasteiger partial charge on any atom is -0.395 e. The number of fused-ring (bicyclic) bond motifs is 1. The highest BCUT2D eigenvalue weighted by molar-refractivity contribution is 5.90. The highest BCUT2D eigenvalue weighted by Gasteiger charge is 2.14. The van der Waals surface area contributed by atoms with E-state index in [-0.39, 0.29) is 12.5 Å². The van der Waals surface area contributed by atoms with E-state index in [0.29, 0.717) is 13.0 Å². The maximum absolute atomic E-state index is 12.0. The second-order valence-corrected chi connectivity index (χ2v) is 4.49. The Labute approximate surface area is 106 Å². The Morgan fingerprint density at radius 2 is 2.11 bits per heavy atom. The van der Waals surface area contributed by atoms with E-state index in [1.165, 1.54) is 0 Å². The zero-order valence-electron chi connectivity index (χ0n) is 10.7. The van der Waals surface area contributed by atoms with E-state index >= 15 is 0 Å². The largest absolute Gasteiger partial charge is 0.395 e. The van der Waals surface area contributed by atoms with Crippen LogP contribution in [0.25, 0.3) is 10.9 Å². The van der Waals surface area contributed by atoms with Crippen LogP contribution in [-0.2, 0) is 11.2 Å². The van der Waals surface area contributed by atoms with Crippen LogP contribution >= 0.6 is 0 Å². The number of rotatable bonds is 4. The Kier molecular flexibility index (Phi) is 3.67. The summed E-state index contributed by atoms with van der Waals surface area (Å²) in [7, 11) is 1.71. The van der Waals surface area contributed by atoms with Crippen LogP contribution in [0.15, 0.2) is 24.3 Å². The summed E-state index contributed by atoms with van der Waals surface area (Å²) in [5.74, 6) is 0.0249. The number of H-pyrrole nitrogens is 1. The van der Waals surface area contributed by atoms with Gasteiger partial charge in [-0.25, -0.2) is 0 Å². The number of carbonyl (C=O) groups is 1. The van der Waals surface area contributed by atoms with Crippen LogP contribution in [0.2, 0.25) is 0 Å². The quantitative estimate of drug-likeness (QED) is 0.858. The lowest BCUT2D eigenvalue weighted by Crippen LogP contribution is -2.30. The Morgan fingerprint density at radius 3 is 2.83 bits per heavy atom. The molecule has 1 amide bonds. The number of nitrogens with zero attached hydrogens (tertiary/aromatic N) is 1. The number of benzene rings is 1. The third-order valence-electron chi connectivity index (χ3n) is 3.22. The lowest BCUT2D eigenvalue weighted by Gasteiger charge is -2.15. The van der Waals surface area contributed by atoms with Gasteiger partial charge in [0, 0.05) is 30.2 Å². The number of aryl methyl sites for hydroxylation is 1. The van der Waals surface area contributed by atoms with Crippen LogP contribution in [0, 0.1) is 6.92 Å². The number of amides is 1. The minimum absolute atomic E-state index is 0.00485. The Bertz CT molecular complexity index is 560. The third kappa shape index (κ3) is 2.38. The fourth-order valence-corrected chi connectivity index (χ4v) is 2.12. The van der Waals surface area contributed by atoms with Crippen LogP contribution in [-0.4, -0.2) is 41.1 Å². The number of likely N-dealkylation sites (N-methyl/N-ethyl adjacent to an activating group) is 1. The minimum atomic E-state index is -0.00485. The summed E-state index contributed by atoms with van der Waals surface area (Å²) < 4.78 is 0. The molecule has 4 heteroatoms. The molecule has 96 valence electrons. The predicted molar refractivity (Wildman–Crippen MR) is 71.5 cm³/mol. The molecule has 1 aromatic heterocycles. The lowest BCUT2D eigenvalue weighted by molar-refractivity contribution is -0.129. The predicted octanol–water partition coefficient (Wildman–Crippen LogP) is 1.47. The molecule has 0 aliphatic carbocycles. The van der Waals surface area contributed by atoms with E-state index in [9.17, 15) is 4.79 Å². The summed E-state index contributed by atoms with van der Waals surface area (Å²) in [4.78, 5) is 16.8. The Morgan fingerprint density at radius 1 is 1.39 bits per heavy atom. The van der Waals surface area contributed by atoms with Crippen molar-refractivity contribution in [3.8, 4) is 0 Å². The normalized spacial score (nSPS) is 10.8. The molecule has 0 unspecified atom stereocenters. The van der Waals surface area contributed by atoms with Crippen molar-refractivity contribution in [1.82, 2.24) is 9.88 Å². The van der Waals surface area contributed by atoms with Gasteiger partial charge < -0.3 is 15.0 Å². The average molecular weight is 246 g/mol. The first-order valence-corrected chi connectivity index (χ1v) is 6.04. The topological polar surface area (TPSA) is 56.3 Å². The molecule has 0 spiro atoms. The van der Waals surface area contributed by atoms with Crippen molar-refractivity contribution < 1.29 is 9.90 Å². The van der Waals surface area contributed by atoms with Crippen LogP contribution in [0.1, 0.15) is 11.3 Å². The van der Waals surface area contributed by atoms with Gasteiger partial charge in [0.2, 0.25) is 5.91 Å². The number of carbonyl (C=O) groups excluding carboxylic acids is 1. The Balaban J connectivity index is 2.26. The van der Waals surface area contributed by atoms with E-state index in [0.717, 1.165) is 22.2 Å². The highest BCUT2D eigenvalue weighted by Crippen LogP contribution is 2.22. The lowest BCUT2D eigenvalue weighted by atomic mass is 10.1. The monoisotopic (exact) mass is 246 g/mol. The van der Waals surface area contributed by atoms with Gasteiger partial charge in [0.15, 0.2) is 0 Å². The van der Waals surface area contributed by atoms with Crippen molar-refractivity contribution in [2.45, 2.75) is 13.3 Å². The molecule has 0 aliphatic rings. The summed E-state index contributed by atoms with van der Waals surface area (Å²) in [6.45, 7) is 2.35. The molecule has 2 rings (SSSR count). The standard InChI is InChI=1S/C14H18N2O2/c1-10-12(9-14(18)16(2)7-8-17)11-5-3-4-6-13(11)15-10/h3-6,15,17H,7-9H2,1-2H3. The fraction of sp³-hybridized carbons (Fsp3) is 0.357. The van der Waals surface area contributed by atoms with Crippen molar-refractivity contribution in [3.63, 3.8) is 0 Å². The van der Waals surface area contributed by atoms with Crippen molar-refractivity contribution in [2.75, 3.05) is 20.2 Å². The molecule has 0 saturated carbocycles. The van der Waals surface area contributed by atoms with Crippen LogP contribution in [0.4, 0.5) is 0 Å². The first-order valence-electron chi connectivity index (χ1n) is 6.04. The van der Waals surface area contributed by atoms with Gasteiger partial charge in [0.05, 0.1) is 13.0 Å². The van der Waals surface area contributed by atoms with E-state index in [1.807, 2.05) is 31.2 Å². The molecule has 1 heterocycles. The second kappa shape index (κ2) is 5.23. The summed E-state index contributed by atoms with van der Waals surface area (Å²) in [5.41, 5.74) is 3.13. The molecule has 18 heavy (non-hydrogen) atoms. The molecular formula is C14H18N2O2. The number of aliphatic hydroxyl groups excluding tert-OH is 1. The number of aromatic nitrogens is 1. The van der Waals surface area contributed by atoms with Crippen molar-refractivity contribution in [2.24, 2.45) is 0 Å². The van der Waals surface area contributed by atoms with Crippen molar-refractivity contribution in [1.29, 1.82) is 0 Å². The van der Waals surface area contributed by atoms with E-state index in [2.05, 4.69) is 4.98 Å². The first kappa shape index (κ1) is 12.6. The second-order valence-electron chi connectivity index (χ2n) is 4.49. The summed E-state index contributed by atoms with van der Waals surface area (Å²) in [6.07, 6.45) is 0.367. The van der Waals surface area contributed by atoms with Gasteiger partial charge in [0.1, 0.15) is 0 Å². The zero-order chi connectivity index (χ0) is 13.1. The molecule has 2 aromatic rings. The summed E-state index contributed by atoms with van der Waals surface area (Å²) in [6, 6.07) is 7.98. The van der Waals surface area contributed by atoms with Crippen LogP contribution in [0.3, 0.4) is 0 Å². The number of para-hydroxylation sites is 1. The van der Waals surface area contributed by atoms with Crippen LogP contribution < -0.4 is 0 Å². The molecule has 1 aromatic carbocycles. The average Bonchev–Trinajstić information content (AvgIpc) is 2.66. The molecule has 0 fully saturated rings. The fourth-order valence-electron chi connectivity index (χ4n) is 2.12. The molecule has 2 N–H and O–H groups in total. The zero-order valence-corrected chi connectivity index (χ0v) is 10.7.